The van der Waals surface area contributed by atoms with E-state index < -0.39 is 0 Å². The number of carbonyl (C=O) groups is 3. The van der Waals surface area contributed by atoms with Crippen LogP contribution in [-0.4, -0.2) is 64.1 Å². The van der Waals surface area contributed by atoms with Crippen LogP contribution in [0, 0.1) is 0 Å². The lowest BCUT2D eigenvalue weighted by molar-refractivity contribution is -0.126. The highest BCUT2D eigenvalue weighted by Gasteiger charge is 2.11. The van der Waals surface area contributed by atoms with Gasteiger partial charge in [-0.05, 0) is 90.6 Å². The standard InChI is InChI=1S/C34H37N3O6/c38-29-13-4-26(5-14-29)10-19-32(41)35-22-1-2-24-37(34(43)21-12-28-8-17-31(40)18-9-28)25-3-23-36-33(42)20-11-27-6-15-30(39)16-7-27/h4-21,38-40H,1-3,22-25H2,(H,35,41)(H,36,42)/b19-10+,20-11+,21-12+. The summed E-state index contributed by atoms with van der Waals surface area (Å²) >= 11 is 0. The molecule has 0 spiro atoms. The Morgan fingerprint density at radius 1 is 0.535 bits per heavy atom. The molecular formula is C34H37N3O6. The fourth-order valence-corrected chi connectivity index (χ4v) is 3.94. The lowest BCUT2D eigenvalue weighted by Crippen LogP contribution is -2.34. The summed E-state index contributed by atoms with van der Waals surface area (Å²) in [6.07, 6.45) is 11.2. The third-order valence-electron chi connectivity index (χ3n) is 6.32. The maximum atomic E-state index is 13.0. The van der Waals surface area contributed by atoms with Gasteiger partial charge in [-0.15, -0.1) is 0 Å². The SMILES string of the molecule is O=C(/C=C/c1ccc(O)cc1)NCCCCN(CCCNC(=O)/C=C/c1ccc(O)cc1)C(=O)/C=C/c1ccc(O)cc1. The first-order chi connectivity index (χ1) is 20.8. The number of benzene rings is 3. The van der Waals surface area contributed by atoms with Crippen molar-refractivity contribution in [2.45, 2.75) is 19.3 Å². The molecule has 0 saturated heterocycles. The largest absolute Gasteiger partial charge is 0.508 e. The van der Waals surface area contributed by atoms with Crippen molar-refractivity contribution in [3.63, 3.8) is 0 Å². The summed E-state index contributed by atoms with van der Waals surface area (Å²) in [7, 11) is 0. The molecule has 224 valence electrons. The molecule has 0 atom stereocenters. The van der Waals surface area contributed by atoms with Crippen LogP contribution in [-0.2, 0) is 14.4 Å². The highest BCUT2D eigenvalue weighted by atomic mass is 16.3. The van der Waals surface area contributed by atoms with Crippen molar-refractivity contribution in [1.82, 2.24) is 15.5 Å². The first-order valence-electron chi connectivity index (χ1n) is 14.0. The van der Waals surface area contributed by atoms with Gasteiger partial charge in [-0.3, -0.25) is 14.4 Å². The highest BCUT2D eigenvalue weighted by molar-refractivity contribution is 5.93. The molecule has 0 saturated carbocycles. The van der Waals surface area contributed by atoms with E-state index in [0.717, 1.165) is 16.7 Å². The molecule has 3 rings (SSSR count). The van der Waals surface area contributed by atoms with Crippen LogP contribution >= 0.6 is 0 Å². The number of unbranched alkanes of at least 4 members (excludes halogenated alkanes) is 1. The molecule has 43 heavy (non-hydrogen) atoms. The van der Waals surface area contributed by atoms with E-state index in [4.69, 9.17) is 0 Å². The fraction of sp³-hybridized carbons (Fsp3) is 0.206. The van der Waals surface area contributed by atoms with E-state index >= 15 is 0 Å². The molecule has 0 radical (unpaired) electrons. The van der Waals surface area contributed by atoms with Crippen LogP contribution in [0.15, 0.2) is 91.0 Å². The Hall–Kier alpha value is -5.31. The monoisotopic (exact) mass is 583 g/mol. The van der Waals surface area contributed by atoms with Gasteiger partial charge in [0.2, 0.25) is 17.7 Å². The second-order valence-electron chi connectivity index (χ2n) is 9.74. The van der Waals surface area contributed by atoms with Gasteiger partial charge in [0, 0.05) is 44.4 Å². The quantitative estimate of drug-likeness (QED) is 0.132. The summed E-state index contributed by atoms with van der Waals surface area (Å²) in [5, 5.41) is 33.8. The van der Waals surface area contributed by atoms with E-state index in [1.165, 1.54) is 18.2 Å². The van der Waals surface area contributed by atoms with Crippen LogP contribution in [0.4, 0.5) is 0 Å². The number of hydrogen-bond donors (Lipinski definition) is 5. The molecule has 0 aliphatic heterocycles. The average Bonchev–Trinajstić information content (AvgIpc) is 3.01. The predicted octanol–water partition coefficient (Wildman–Crippen LogP) is 4.47. The van der Waals surface area contributed by atoms with Gasteiger partial charge < -0.3 is 30.9 Å². The van der Waals surface area contributed by atoms with Crippen molar-refractivity contribution in [3.8, 4) is 17.2 Å². The number of nitrogens with zero attached hydrogens (tertiary/aromatic N) is 1. The summed E-state index contributed by atoms with van der Waals surface area (Å²) in [6, 6.07) is 19.5. The second-order valence-corrected chi connectivity index (χ2v) is 9.74. The summed E-state index contributed by atoms with van der Waals surface area (Å²) < 4.78 is 0. The second kappa shape index (κ2) is 17.5. The van der Waals surface area contributed by atoms with Gasteiger partial charge in [0.15, 0.2) is 0 Å². The van der Waals surface area contributed by atoms with Crippen LogP contribution in [0.3, 0.4) is 0 Å². The van der Waals surface area contributed by atoms with Crippen LogP contribution < -0.4 is 10.6 Å². The molecule has 3 amide bonds. The molecule has 0 fully saturated rings. The van der Waals surface area contributed by atoms with E-state index in [9.17, 15) is 29.7 Å². The van der Waals surface area contributed by atoms with Crippen LogP contribution in [0.5, 0.6) is 17.2 Å². The molecule has 0 bridgehead atoms. The maximum Gasteiger partial charge on any atom is 0.246 e. The van der Waals surface area contributed by atoms with Crippen LogP contribution in [0.2, 0.25) is 0 Å². The van der Waals surface area contributed by atoms with Crippen LogP contribution in [0.1, 0.15) is 36.0 Å². The molecular weight excluding hydrogens is 546 g/mol. The van der Waals surface area contributed by atoms with Crippen molar-refractivity contribution in [1.29, 1.82) is 0 Å². The van der Waals surface area contributed by atoms with Gasteiger partial charge in [0.1, 0.15) is 17.2 Å². The maximum absolute atomic E-state index is 13.0. The number of nitrogens with one attached hydrogen (secondary N) is 2. The lowest BCUT2D eigenvalue weighted by atomic mass is 10.2. The van der Waals surface area contributed by atoms with Gasteiger partial charge in [0.25, 0.3) is 0 Å². The Morgan fingerprint density at radius 3 is 1.35 bits per heavy atom. The topological polar surface area (TPSA) is 139 Å². The van der Waals surface area contributed by atoms with Crippen molar-refractivity contribution in [3.05, 3.63) is 108 Å². The average molecular weight is 584 g/mol. The molecule has 0 aliphatic rings. The predicted molar refractivity (Wildman–Crippen MR) is 168 cm³/mol. The third-order valence-corrected chi connectivity index (χ3v) is 6.32. The third kappa shape index (κ3) is 12.8. The molecule has 0 aliphatic carbocycles. The van der Waals surface area contributed by atoms with Crippen molar-refractivity contribution in [2.75, 3.05) is 26.2 Å². The number of phenolic OH excluding ortho intramolecular Hbond substituents is 3. The number of amides is 3. The Balaban J connectivity index is 1.45. The van der Waals surface area contributed by atoms with Crippen molar-refractivity contribution >= 4 is 35.9 Å². The zero-order valence-corrected chi connectivity index (χ0v) is 23.9. The summed E-state index contributed by atoms with van der Waals surface area (Å²) in [5.41, 5.74) is 2.36. The zero-order chi connectivity index (χ0) is 30.9. The molecule has 3 aromatic carbocycles. The molecule has 9 heteroatoms. The number of carbonyl (C=O) groups excluding carboxylic acids is 3. The number of aromatic hydroxyl groups is 3. The molecule has 0 unspecified atom stereocenters. The van der Waals surface area contributed by atoms with E-state index in [-0.39, 0.29) is 35.0 Å². The van der Waals surface area contributed by atoms with Gasteiger partial charge in [-0.1, -0.05) is 36.4 Å². The highest BCUT2D eigenvalue weighted by Crippen LogP contribution is 2.13. The van der Waals surface area contributed by atoms with Gasteiger partial charge in [-0.25, -0.2) is 0 Å². The summed E-state index contributed by atoms with van der Waals surface area (Å²) in [6.45, 7) is 1.75. The lowest BCUT2D eigenvalue weighted by Gasteiger charge is -2.21. The minimum atomic E-state index is -0.256. The van der Waals surface area contributed by atoms with Gasteiger partial charge >= 0.3 is 0 Å². The smallest absolute Gasteiger partial charge is 0.246 e. The van der Waals surface area contributed by atoms with E-state index in [1.54, 1.807) is 95.9 Å². The van der Waals surface area contributed by atoms with E-state index in [0.29, 0.717) is 45.4 Å². The summed E-state index contributed by atoms with van der Waals surface area (Å²) in [5.74, 6) is -0.196. The number of hydrogen-bond acceptors (Lipinski definition) is 6. The molecule has 0 heterocycles. The minimum absolute atomic E-state index is 0.146. The molecule has 9 nitrogen and oxygen atoms in total. The van der Waals surface area contributed by atoms with Crippen molar-refractivity contribution in [2.24, 2.45) is 0 Å². The van der Waals surface area contributed by atoms with Gasteiger partial charge in [-0.2, -0.15) is 0 Å². The Bertz CT molecular complexity index is 1410. The normalized spacial score (nSPS) is 11.3. The van der Waals surface area contributed by atoms with Gasteiger partial charge in [0.05, 0.1) is 0 Å². The molecule has 5 N–H and O–H groups in total. The first-order valence-corrected chi connectivity index (χ1v) is 14.0. The number of phenols is 3. The molecule has 3 aromatic rings. The van der Waals surface area contributed by atoms with Crippen LogP contribution in [0.25, 0.3) is 18.2 Å². The fourth-order valence-electron chi connectivity index (χ4n) is 3.94. The van der Waals surface area contributed by atoms with Crippen molar-refractivity contribution < 1.29 is 29.7 Å². The van der Waals surface area contributed by atoms with E-state index in [2.05, 4.69) is 10.6 Å². The number of rotatable bonds is 15. The van der Waals surface area contributed by atoms with E-state index in [1.807, 2.05) is 0 Å². The Labute approximate surface area is 251 Å². The Kier molecular flexibility index (Phi) is 13.1. The first kappa shape index (κ1) is 32.2. The minimum Gasteiger partial charge on any atom is -0.508 e. The zero-order valence-electron chi connectivity index (χ0n) is 23.9. The molecule has 0 aromatic heterocycles. The Morgan fingerprint density at radius 2 is 0.907 bits per heavy atom. The summed E-state index contributed by atoms with van der Waals surface area (Å²) in [4.78, 5) is 39.0.